The molecule has 0 amide bonds. The third-order valence-corrected chi connectivity index (χ3v) is 5.30. The highest BCUT2D eigenvalue weighted by Crippen LogP contribution is 2.22. The molecule has 0 spiro atoms. The predicted octanol–water partition coefficient (Wildman–Crippen LogP) is 3.90. The molecule has 0 atom stereocenters. The standard InChI is InChI=1S/C26H26F3N7OS/c1-36(2)23-6-4-3-5-20(23)16-31-25(38)35-34-15-18-7-9-19(10-8-18)24(30)33-17-32-21-11-13-22(14-12-21)37-26(27,28)29/h3-15,17H,16H2,1-2H3,(H2,30,32,33)(H2,31,35,38)/p+1. The lowest BCUT2D eigenvalue weighted by Crippen LogP contribution is -2.76. The van der Waals surface area contributed by atoms with Gasteiger partial charge >= 0.3 is 6.36 Å². The van der Waals surface area contributed by atoms with Crippen molar-refractivity contribution in [1.82, 2.24) is 10.7 Å². The molecule has 0 bridgehead atoms. The molecular formula is C26H27F3N7OS+. The van der Waals surface area contributed by atoms with Gasteiger partial charge in [0.25, 0.3) is 0 Å². The van der Waals surface area contributed by atoms with Gasteiger partial charge in [-0.05, 0) is 41.5 Å². The first-order valence-electron chi connectivity index (χ1n) is 11.3. The molecule has 0 unspecified atom stereocenters. The molecule has 8 nitrogen and oxygen atoms in total. The predicted molar refractivity (Wildman–Crippen MR) is 147 cm³/mol. The van der Waals surface area contributed by atoms with Crippen molar-refractivity contribution in [2.45, 2.75) is 12.9 Å². The summed E-state index contributed by atoms with van der Waals surface area (Å²) in [5, 5.41) is 17.4. The smallest absolute Gasteiger partial charge is 0.406 e. The van der Waals surface area contributed by atoms with Crippen LogP contribution in [0.15, 0.2) is 82.9 Å². The number of amidine groups is 1. The van der Waals surface area contributed by atoms with Crippen LogP contribution in [0, 0.1) is 5.41 Å². The Kier molecular flexibility index (Phi) is 9.91. The van der Waals surface area contributed by atoms with E-state index in [4.69, 9.17) is 17.6 Å². The third kappa shape index (κ3) is 9.30. The van der Waals surface area contributed by atoms with Crippen LogP contribution in [0.2, 0.25) is 0 Å². The molecule has 0 heterocycles. The fraction of sp³-hybridized carbons (Fsp3) is 0.154. The van der Waals surface area contributed by atoms with E-state index < -0.39 is 6.36 Å². The van der Waals surface area contributed by atoms with Gasteiger partial charge < -0.3 is 15.0 Å². The van der Waals surface area contributed by atoms with E-state index in [9.17, 15) is 13.2 Å². The summed E-state index contributed by atoms with van der Waals surface area (Å²) in [5.41, 5.74) is 7.00. The van der Waals surface area contributed by atoms with Crippen LogP contribution in [0.5, 0.6) is 5.75 Å². The van der Waals surface area contributed by atoms with Crippen LogP contribution in [-0.4, -0.2) is 44.0 Å². The zero-order chi connectivity index (χ0) is 27.5. The van der Waals surface area contributed by atoms with Crippen molar-refractivity contribution in [3.63, 3.8) is 0 Å². The lowest BCUT2D eigenvalue weighted by Gasteiger charge is -2.17. The number of hydrogen-bond acceptors (Lipinski definition) is 5. The van der Waals surface area contributed by atoms with Crippen molar-refractivity contribution in [1.29, 1.82) is 5.41 Å². The zero-order valence-electron chi connectivity index (χ0n) is 20.7. The number of aliphatic imine (C=N–C) groups is 1. The Morgan fingerprint density at radius 1 is 1.05 bits per heavy atom. The largest absolute Gasteiger partial charge is 0.573 e. The second-order valence-corrected chi connectivity index (χ2v) is 8.52. The van der Waals surface area contributed by atoms with Crippen molar-refractivity contribution in [2.75, 3.05) is 19.0 Å². The maximum absolute atomic E-state index is 12.2. The molecule has 5 N–H and O–H groups in total. The van der Waals surface area contributed by atoms with Crippen molar-refractivity contribution in [2.24, 2.45) is 10.1 Å². The number of nitrogens with one attached hydrogen (secondary N) is 3. The Morgan fingerprint density at radius 3 is 2.39 bits per heavy atom. The Hall–Kier alpha value is -4.29. The van der Waals surface area contributed by atoms with Gasteiger partial charge in [-0.25, -0.2) is 0 Å². The number of halogens is 3. The minimum absolute atomic E-state index is 0.0308. The summed E-state index contributed by atoms with van der Waals surface area (Å²) in [7, 11) is 3.97. The van der Waals surface area contributed by atoms with E-state index in [0.717, 1.165) is 16.8 Å². The molecule has 38 heavy (non-hydrogen) atoms. The number of nitrogens with zero attached hydrogens (tertiary/aromatic N) is 3. The Balaban J connectivity index is 1.44. The summed E-state index contributed by atoms with van der Waals surface area (Å²) < 4.78 is 40.5. The number of quaternary nitrogens is 1. The average molecular weight is 543 g/mol. The molecule has 198 valence electrons. The minimum atomic E-state index is -4.73. The molecule has 3 aromatic carbocycles. The molecule has 3 aromatic rings. The molecule has 0 saturated carbocycles. The first-order chi connectivity index (χ1) is 18.1. The molecular weight excluding hydrogens is 515 g/mol. The number of benzene rings is 3. The van der Waals surface area contributed by atoms with Gasteiger partial charge in [0.15, 0.2) is 17.3 Å². The van der Waals surface area contributed by atoms with Gasteiger partial charge in [0.1, 0.15) is 11.4 Å². The summed E-state index contributed by atoms with van der Waals surface area (Å²) in [6.07, 6.45) is -1.72. The van der Waals surface area contributed by atoms with Crippen molar-refractivity contribution < 1.29 is 23.2 Å². The van der Waals surface area contributed by atoms with Crippen LogP contribution < -0.4 is 25.7 Å². The van der Waals surface area contributed by atoms with E-state index >= 15 is 0 Å². The van der Waals surface area contributed by atoms with Gasteiger partial charge in [0.05, 0.1) is 6.21 Å². The number of nitrogens with two attached hydrogens (primary N) is 1. The molecule has 0 fully saturated rings. The first kappa shape index (κ1) is 28.3. The summed E-state index contributed by atoms with van der Waals surface area (Å²) in [6.45, 7) is 0.558. The van der Waals surface area contributed by atoms with Gasteiger partial charge in [-0.15, -0.1) is 13.2 Å². The molecule has 0 saturated heterocycles. The van der Waals surface area contributed by atoms with E-state index in [1.165, 1.54) is 30.6 Å². The topological polar surface area (TPSA) is 102 Å². The molecule has 0 aliphatic carbocycles. The van der Waals surface area contributed by atoms with Crippen molar-refractivity contribution in [3.05, 3.63) is 89.5 Å². The number of anilines is 1. The van der Waals surface area contributed by atoms with Crippen LogP contribution in [0.25, 0.3) is 0 Å². The SMILES string of the molecule is CN(C)c1ccccc1CNC(=S)NN=Cc1ccc(C(=N)N=C[NH2+]c2ccc(OC(F)(F)F)cc2)cc1. The number of para-hydroxylation sites is 1. The molecule has 0 radical (unpaired) electrons. The minimum Gasteiger partial charge on any atom is -0.406 e. The summed E-state index contributed by atoms with van der Waals surface area (Å²) in [6, 6.07) is 20.4. The van der Waals surface area contributed by atoms with Crippen LogP contribution >= 0.6 is 12.2 Å². The molecule has 0 aliphatic heterocycles. The van der Waals surface area contributed by atoms with Crippen molar-refractivity contribution in [3.8, 4) is 5.75 Å². The van der Waals surface area contributed by atoms with Crippen LogP contribution in [-0.2, 0) is 6.54 Å². The van der Waals surface area contributed by atoms with Crippen molar-refractivity contribution >= 4 is 47.1 Å². The highest BCUT2D eigenvalue weighted by Gasteiger charge is 2.31. The molecule has 0 aliphatic rings. The highest BCUT2D eigenvalue weighted by atomic mass is 32.1. The number of hydrazone groups is 1. The van der Waals surface area contributed by atoms with Gasteiger partial charge in [-0.3, -0.25) is 16.2 Å². The number of hydrogen-bond donors (Lipinski definition) is 4. The number of alkyl halides is 3. The van der Waals surface area contributed by atoms with Crippen LogP contribution in [0.4, 0.5) is 24.5 Å². The lowest BCUT2D eigenvalue weighted by atomic mass is 10.1. The summed E-state index contributed by atoms with van der Waals surface area (Å²) >= 11 is 5.29. The maximum Gasteiger partial charge on any atom is 0.573 e. The zero-order valence-corrected chi connectivity index (χ0v) is 21.5. The lowest BCUT2D eigenvalue weighted by molar-refractivity contribution is -0.432. The second-order valence-electron chi connectivity index (χ2n) is 8.11. The van der Waals surface area contributed by atoms with E-state index in [1.54, 1.807) is 35.8 Å². The van der Waals surface area contributed by atoms with Gasteiger partial charge in [0.2, 0.25) is 0 Å². The third-order valence-electron chi connectivity index (χ3n) is 5.06. The Labute approximate surface area is 223 Å². The van der Waals surface area contributed by atoms with Gasteiger partial charge in [-0.1, -0.05) is 42.5 Å². The monoisotopic (exact) mass is 542 g/mol. The Morgan fingerprint density at radius 2 is 1.74 bits per heavy atom. The quantitative estimate of drug-likeness (QED) is 0.108. The molecule has 0 aromatic heterocycles. The number of thiocarbonyl (C=S) groups is 1. The normalized spacial score (nSPS) is 11.5. The number of ether oxygens (including phenoxy) is 1. The highest BCUT2D eigenvalue weighted by molar-refractivity contribution is 7.80. The van der Waals surface area contributed by atoms with E-state index in [2.05, 4.69) is 25.6 Å². The van der Waals surface area contributed by atoms with E-state index in [-0.39, 0.29) is 11.6 Å². The maximum atomic E-state index is 12.2. The van der Waals surface area contributed by atoms with E-state index in [1.807, 2.05) is 43.3 Å². The average Bonchev–Trinajstić information content (AvgIpc) is 2.88. The molecule has 3 rings (SSSR count). The van der Waals surface area contributed by atoms with Gasteiger partial charge in [0, 0.05) is 44.0 Å². The van der Waals surface area contributed by atoms with Crippen LogP contribution in [0.3, 0.4) is 0 Å². The first-order valence-corrected chi connectivity index (χ1v) is 11.8. The summed E-state index contributed by atoms with van der Waals surface area (Å²) in [5.74, 6) is -0.273. The fourth-order valence-electron chi connectivity index (χ4n) is 3.26. The number of rotatable bonds is 9. The fourth-order valence-corrected chi connectivity index (χ4v) is 3.38. The van der Waals surface area contributed by atoms with Gasteiger partial charge in [-0.2, -0.15) is 10.1 Å². The summed E-state index contributed by atoms with van der Waals surface area (Å²) in [4.78, 5) is 6.11. The second kappa shape index (κ2) is 13.3. The Bertz CT molecular complexity index is 1290. The van der Waals surface area contributed by atoms with Crippen LogP contribution in [0.1, 0.15) is 16.7 Å². The van der Waals surface area contributed by atoms with E-state index in [0.29, 0.717) is 22.9 Å². The molecule has 12 heteroatoms.